The molecule has 2 aromatic carbocycles. The van der Waals surface area contributed by atoms with E-state index in [0.29, 0.717) is 30.0 Å². The third kappa shape index (κ3) is 3.90. The van der Waals surface area contributed by atoms with Gasteiger partial charge in [-0.2, -0.15) is 0 Å². The van der Waals surface area contributed by atoms with Gasteiger partial charge in [0.1, 0.15) is 0 Å². The minimum absolute atomic E-state index is 0.159. The predicted molar refractivity (Wildman–Crippen MR) is 106 cm³/mol. The summed E-state index contributed by atoms with van der Waals surface area (Å²) < 4.78 is 28.4. The van der Waals surface area contributed by atoms with Gasteiger partial charge in [-0.05, 0) is 54.2 Å². The number of rotatable bonds is 5. The first-order chi connectivity index (χ1) is 13.0. The van der Waals surface area contributed by atoms with E-state index >= 15 is 0 Å². The molecule has 5 nitrogen and oxygen atoms in total. The fourth-order valence-electron chi connectivity index (χ4n) is 3.66. The highest BCUT2D eigenvalue weighted by molar-refractivity contribution is 7.96. The Kier molecular flexibility index (Phi) is 4.74. The number of nitrogens with one attached hydrogen (secondary N) is 1. The number of fused-ring (bicyclic) bond motifs is 1. The van der Waals surface area contributed by atoms with Crippen LogP contribution >= 0.6 is 0 Å². The number of carbonyl (C=O) groups is 1. The number of likely N-dealkylation sites (tertiary alicyclic amines) is 1. The van der Waals surface area contributed by atoms with Gasteiger partial charge in [0, 0.05) is 25.2 Å². The zero-order valence-corrected chi connectivity index (χ0v) is 15.8. The molecule has 0 aromatic heterocycles. The molecule has 1 aliphatic carbocycles. The molecule has 6 heteroatoms. The van der Waals surface area contributed by atoms with Crippen molar-refractivity contribution in [2.24, 2.45) is 0 Å². The molecular weight excluding hydrogens is 360 g/mol. The van der Waals surface area contributed by atoms with Gasteiger partial charge in [-0.1, -0.05) is 36.4 Å². The molecule has 1 fully saturated rings. The molecule has 1 aliphatic heterocycles. The van der Waals surface area contributed by atoms with E-state index in [0.717, 1.165) is 30.5 Å². The van der Waals surface area contributed by atoms with Gasteiger partial charge in [-0.25, -0.2) is 8.42 Å². The minimum atomic E-state index is -3.60. The number of hydrogen-bond acceptors (Lipinski definition) is 3. The maximum Gasteiger partial charge on any atom is 0.258 e. The van der Waals surface area contributed by atoms with Crippen molar-refractivity contribution in [2.75, 3.05) is 11.3 Å². The van der Waals surface area contributed by atoms with E-state index in [2.05, 4.69) is 4.72 Å². The fraction of sp³-hybridized carbons (Fsp3) is 0.286. The Morgan fingerprint density at radius 1 is 1.00 bits per heavy atom. The average Bonchev–Trinajstić information content (AvgIpc) is 3.06. The van der Waals surface area contributed by atoms with Crippen LogP contribution in [0.25, 0.3) is 6.08 Å². The second kappa shape index (κ2) is 7.19. The van der Waals surface area contributed by atoms with Crippen molar-refractivity contribution < 1.29 is 13.2 Å². The van der Waals surface area contributed by atoms with E-state index < -0.39 is 10.0 Å². The standard InChI is InChI=1S/C21H22N2O3S/c24-21-9-4-12-23(21)15-16-5-3-8-19(13-16)22-27(25,26)20-11-10-17-6-1-2-7-18(17)14-20/h1-3,5-8,13-14,22H,4,9-12,15H2. The first-order valence-electron chi connectivity index (χ1n) is 9.19. The summed E-state index contributed by atoms with van der Waals surface area (Å²) in [5.74, 6) is 0.159. The van der Waals surface area contributed by atoms with Crippen molar-refractivity contribution in [1.29, 1.82) is 0 Å². The van der Waals surface area contributed by atoms with Gasteiger partial charge in [0.15, 0.2) is 0 Å². The van der Waals surface area contributed by atoms with Gasteiger partial charge < -0.3 is 4.90 Å². The van der Waals surface area contributed by atoms with E-state index in [4.69, 9.17) is 0 Å². The summed E-state index contributed by atoms with van der Waals surface area (Å²) in [5, 5.41) is 0. The van der Waals surface area contributed by atoms with E-state index in [-0.39, 0.29) is 5.91 Å². The summed E-state index contributed by atoms with van der Waals surface area (Å²) in [6.45, 7) is 1.28. The number of aryl methyl sites for hydroxylation is 1. The Morgan fingerprint density at radius 2 is 1.85 bits per heavy atom. The lowest BCUT2D eigenvalue weighted by Gasteiger charge is -2.18. The first kappa shape index (κ1) is 17.8. The maximum absolute atomic E-state index is 12.8. The van der Waals surface area contributed by atoms with Crippen molar-refractivity contribution in [1.82, 2.24) is 4.90 Å². The highest BCUT2D eigenvalue weighted by Crippen LogP contribution is 2.28. The Morgan fingerprint density at radius 3 is 2.67 bits per heavy atom. The van der Waals surface area contributed by atoms with Crippen molar-refractivity contribution in [3.63, 3.8) is 0 Å². The number of hydrogen-bond donors (Lipinski definition) is 1. The minimum Gasteiger partial charge on any atom is -0.338 e. The summed E-state index contributed by atoms with van der Waals surface area (Å²) in [5.41, 5.74) is 3.59. The Balaban J connectivity index is 1.52. The third-order valence-electron chi connectivity index (χ3n) is 5.08. The molecular formula is C21H22N2O3S. The van der Waals surface area contributed by atoms with E-state index in [1.165, 1.54) is 5.56 Å². The van der Waals surface area contributed by atoms with Crippen LogP contribution in [0, 0.1) is 0 Å². The summed E-state index contributed by atoms with van der Waals surface area (Å²) in [7, 11) is -3.60. The molecule has 2 aromatic rings. The first-order valence-corrected chi connectivity index (χ1v) is 10.7. The second-order valence-electron chi connectivity index (χ2n) is 7.03. The number of benzene rings is 2. The molecule has 0 radical (unpaired) electrons. The van der Waals surface area contributed by atoms with Crippen molar-refractivity contribution in [3.8, 4) is 0 Å². The van der Waals surface area contributed by atoms with Gasteiger partial charge >= 0.3 is 0 Å². The van der Waals surface area contributed by atoms with Gasteiger partial charge in [0.05, 0.1) is 4.91 Å². The lowest BCUT2D eigenvalue weighted by molar-refractivity contribution is -0.128. The zero-order valence-electron chi connectivity index (χ0n) is 15.0. The summed E-state index contributed by atoms with van der Waals surface area (Å²) in [6, 6.07) is 15.1. The summed E-state index contributed by atoms with van der Waals surface area (Å²) in [4.78, 5) is 14.0. The monoisotopic (exact) mass is 382 g/mol. The van der Waals surface area contributed by atoms with Crippen LogP contribution in [0.4, 0.5) is 5.69 Å². The van der Waals surface area contributed by atoms with Crippen LogP contribution < -0.4 is 4.72 Å². The topological polar surface area (TPSA) is 66.5 Å². The average molecular weight is 382 g/mol. The van der Waals surface area contributed by atoms with Gasteiger partial charge in [-0.15, -0.1) is 0 Å². The lowest BCUT2D eigenvalue weighted by atomic mass is 9.98. The van der Waals surface area contributed by atoms with Gasteiger partial charge in [0.25, 0.3) is 10.0 Å². The quantitative estimate of drug-likeness (QED) is 0.860. The fourth-order valence-corrected chi connectivity index (χ4v) is 4.88. The Hall–Kier alpha value is -2.60. The number of amides is 1. The lowest BCUT2D eigenvalue weighted by Crippen LogP contribution is -2.24. The van der Waals surface area contributed by atoms with Gasteiger partial charge in [0.2, 0.25) is 5.91 Å². The molecule has 0 atom stereocenters. The molecule has 0 unspecified atom stereocenters. The molecule has 1 amide bonds. The van der Waals surface area contributed by atoms with Gasteiger partial charge in [-0.3, -0.25) is 9.52 Å². The van der Waals surface area contributed by atoms with Crippen LogP contribution in [0.1, 0.15) is 36.0 Å². The van der Waals surface area contributed by atoms with Crippen LogP contribution in [0.2, 0.25) is 0 Å². The smallest absolute Gasteiger partial charge is 0.258 e. The van der Waals surface area contributed by atoms with Crippen LogP contribution in [0.15, 0.2) is 53.4 Å². The van der Waals surface area contributed by atoms with E-state index in [1.807, 2.05) is 41.3 Å². The summed E-state index contributed by atoms with van der Waals surface area (Å²) in [6.07, 6.45) is 4.46. The number of allylic oxidation sites excluding steroid dienone is 1. The molecule has 1 saturated heterocycles. The van der Waals surface area contributed by atoms with Crippen molar-refractivity contribution >= 4 is 27.7 Å². The maximum atomic E-state index is 12.8. The largest absolute Gasteiger partial charge is 0.338 e. The molecule has 0 bridgehead atoms. The van der Waals surface area contributed by atoms with Crippen LogP contribution in [0.3, 0.4) is 0 Å². The van der Waals surface area contributed by atoms with E-state index in [9.17, 15) is 13.2 Å². The summed E-state index contributed by atoms with van der Waals surface area (Å²) >= 11 is 0. The predicted octanol–water partition coefficient (Wildman–Crippen LogP) is 3.54. The third-order valence-corrected chi connectivity index (χ3v) is 6.60. The van der Waals surface area contributed by atoms with Crippen molar-refractivity contribution in [3.05, 3.63) is 70.1 Å². The SMILES string of the molecule is O=C1CCCN1Cc1cccc(NS(=O)(=O)C2=Cc3ccccc3CC2)c1. The molecule has 2 aliphatic rings. The van der Waals surface area contributed by atoms with Crippen molar-refractivity contribution in [2.45, 2.75) is 32.2 Å². The van der Waals surface area contributed by atoms with Crippen LogP contribution in [-0.4, -0.2) is 25.8 Å². The number of anilines is 1. The van der Waals surface area contributed by atoms with E-state index in [1.54, 1.807) is 18.2 Å². The second-order valence-corrected chi connectivity index (χ2v) is 8.77. The molecule has 27 heavy (non-hydrogen) atoms. The molecule has 140 valence electrons. The zero-order chi connectivity index (χ0) is 18.9. The Bertz CT molecular complexity index is 1010. The normalized spacial score (nSPS) is 16.8. The Labute approximate surface area is 159 Å². The number of carbonyl (C=O) groups excluding carboxylic acids is 1. The van der Waals surface area contributed by atoms with Crippen LogP contribution in [-0.2, 0) is 27.8 Å². The highest BCUT2D eigenvalue weighted by atomic mass is 32.2. The van der Waals surface area contributed by atoms with Crippen LogP contribution in [0.5, 0.6) is 0 Å². The highest BCUT2D eigenvalue weighted by Gasteiger charge is 2.23. The molecule has 1 N–H and O–H groups in total. The molecule has 0 saturated carbocycles. The molecule has 1 heterocycles. The number of nitrogens with zero attached hydrogens (tertiary/aromatic N) is 1. The number of sulfonamides is 1. The molecule has 0 spiro atoms. The molecule has 4 rings (SSSR count).